The van der Waals surface area contributed by atoms with E-state index in [1.807, 2.05) is 18.2 Å². The maximum absolute atomic E-state index is 12.3. The summed E-state index contributed by atoms with van der Waals surface area (Å²) in [6.07, 6.45) is 6.34. The van der Waals surface area contributed by atoms with Crippen molar-refractivity contribution in [3.8, 4) is 5.75 Å². The predicted molar refractivity (Wildman–Crippen MR) is 96.2 cm³/mol. The number of rotatable bonds is 9. The van der Waals surface area contributed by atoms with Crippen molar-refractivity contribution in [3.05, 3.63) is 42.5 Å². The van der Waals surface area contributed by atoms with Crippen molar-refractivity contribution in [2.24, 2.45) is 0 Å². The van der Waals surface area contributed by atoms with Crippen LogP contribution in [0.1, 0.15) is 37.3 Å². The van der Waals surface area contributed by atoms with Crippen LogP contribution in [0.25, 0.3) is 0 Å². The van der Waals surface area contributed by atoms with Crippen molar-refractivity contribution in [2.45, 2.75) is 38.3 Å². The first kappa shape index (κ1) is 20.9. The third kappa shape index (κ3) is 6.75. The molecule has 6 heteroatoms. The Morgan fingerprint density at radius 2 is 1.83 bits per heavy atom. The zero-order valence-corrected chi connectivity index (χ0v) is 14.7. The number of unbranched alkanes of at least 4 members (excludes halogenated alkanes) is 2. The van der Waals surface area contributed by atoms with E-state index in [1.54, 1.807) is 12.1 Å². The van der Waals surface area contributed by atoms with Crippen molar-refractivity contribution >= 4 is 12.4 Å². The Hall–Kier alpha value is -1.17. The molecule has 1 aromatic carbocycles. The SMILES string of the molecule is C=CCCCC[C@@H](c1ccc(OC(F)F)cc1)N1CCNCC1.Cl. The minimum atomic E-state index is -2.77. The molecule has 1 aromatic rings. The number of hydrogen-bond donors (Lipinski definition) is 1. The Balaban J connectivity index is 0.00000288. The van der Waals surface area contributed by atoms with Gasteiger partial charge in [-0.25, -0.2) is 0 Å². The van der Waals surface area contributed by atoms with E-state index in [1.165, 1.54) is 5.56 Å². The maximum Gasteiger partial charge on any atom is 0.387 e. The van der Waals surface area contributed by atoms with Crippen LogP contribution in [-0.2, 0) is 0 Å². The Morgan fingerprint density at radius 3 is 2.42 bits per heavy atom. The summed E-state index contributed by atoms with van der Waals surface area (Å²) < 4.78 is 29.0. The van der Waals surface area contributed by atoms with Gasteiger partial charge in [0.25, 0.3) is 0 Å². The molecule has 2 rings (SSSR count). The largest absolute Gasteiger partial charge is 0.435 e. The van der Waals surface area contributed by atoms with Gasteiger partial charge in [-0.2, -0.15) is 8.78 Å². The number of hydrogen-bond acceptors (Lipinski definition) is 3. The van der Waals surface area contributed by atoms with Gasteiger partial charge in [0, 0.05) is 32.2 Å². The first-order valence-electron chi connectivity index (χ1n) is 8.31. The maximum atomic E-state index is 12.3. The fourth-order valence-electron chi connectivity index (χ4n) is 3.05. The van der Waals surface area contributed by atoms with Crippen molar-refractivity contribution in [1.29, 1.82) is 0 Å². The van der Waals surface area contributed by atoms with Gasteiger partial charge in [-0.05, 0) is 37.0 Å². The molecule has 0 bridgehead atoms. The molecular formula is C18H27ClF2N2O. The van der Waals surface area contributed by atoms with Crippen molar-refractivity contribution in [2.75, 3.05) is 26.2 Å². The topological polar surface area (TPSA) is 24.5 Å². The molecule has 136 valence electrons. The van der Waals surface area contributed by atoms with E-state index in [0.717, 1.165) is 51.9 Å². The van der Waals surface area contributed by atoms with E-state index in [9.17, 15) is 8.78 Å². The lowest BCUT2D eigenvalue weighted by Gasteiger charge is -2.35. The quantitative estimate of drug-likeness (QED) is 0.521. The highest BCUT2D eigenvalue weighted by molar-refractivity contribution is 5.85. The standard InChI is InChI=1S/C18H26F2N2O.ClH/c1-2-3-4-5-6-17(22-13-11-21-12-14-22)15-7-9-16(10-8-15)23-18(19)20;/h2,7-10,17-18,21H,1,3-6,11-14H2;1H/t17-;/m0./s1. The van der Waals surface area contributed by atoms with Gasteiger partial charge in [-0.1, -0.05) is 24.6 Å². The summed E-state index contributed by atoms with van der Waals surface area (Å²) in [5.41, 5.74) is 1.17. The van der Waals surface area contributed by atoms with E-state index in [-0.39, 0.29) is 18.2 Å². The van der Waals surface area contributed by atoms with E-state index in [4.69, 9.17) is 0 Å². The average molecular weight is 361 g/mol. The number of ether oxygens (including phenoxy) is 1. The second-order valence-corrected chi connectivity index (χ2v) is 5.82. The zero-order valence-electron chi connectivity index (χ0n) is 13.9. The molecule has 1 N–H and O–H groups in total. The minimum absolute atomic E-state index is 0. The summed E-state index contributed by atoms with van der Waals surface area (Å²) in [5.74, 6) is 0.217. The number of halogens is 3. The molecule has 0 aliphatic carbocycles. The monoisotopic (exact) mass is 360 g/mol. The number of nitrogens with one attached hydrogen (secondary N) is 1. The predicted octanol–water partition coefficient (Wildman–Crippen LogP) is 4.40. The molecule has 1 aliphatic rings. The molecule has 1 atom stereocenters. The first-order chi connectivity index (χ1) is 11.2. The third-order valence-electron chi connectivity index (χ3n) is 4.22. The molecule has 24 heavy (non-hydrogen) atoms. The van der Waals surface area contributed by atoms with Gasteiger partial charge in [-0.3, -0.25) is 4.90 Å². The number of piperazine rings is 1. The molecule has 0 saturated carbocycles. The van der Waals surface area contributed by atoms with Gasteiger partial charge < -0.3 is 10.1 Å². The van der Waals surface area contributed by atoms with Crippen LogP contribution in [0.15, 0.2) is 36.9 Å². The summed E-state index contributed by atoms with van der Waals surface area (Å²) in [6.45, 7) is 5.01. The van der Waals surface area contributed by atoms with Crippen LogP contribution >= 0.6 is 12.4 Å². The van der Waals surface area contributed by atoms with Gasteiger partial charge in [0.1, 0.15) is 5.75 Å². The van der Waals surface area contributed by atoms with Gasteiger partial charge in [0.15, 0.2) is 0 Å². The van der Waals surface area contributed by atoms with Crippen LogP contribution in [0, 0.1) is 0 Å². The highest BCUT2D eigenvalue weighted by Crippen LogP contribution is 2.29. The van der Waals surface area contributed by atoms with E-state index in [2.05, 4.69) is 21.5 Å². The molecule has 0 aromatic heterocycles. The molecule has 1 heterocycles. The second-order valence-electron chi connectivity index (χ2n) is 5.82. The molecule has 1 saturated heterocycles. The number of nitrogens with zero attached hydrogens (tertiary/aromatic N) is 1. The lowest BCUT2D eigenvalue weighted by atomic mass is 9.98. The smallest absolute Gasteiger partial charge is 0.387 e. The molecule has 1 fully saturated rings. The fourth-order valence-corrected chi connectivity index (χ4v) is 3.05. The van der Waals surface area contributed by atoms with Crippen molar-refractivity contribution < 1.29 is 13.5 Å². The molecular weight excluding hydrogens is 334 g/mol. The summed E-state index contributed by atoms with van der Waals surface area (Å²) in [5, 5.41) is 3.37. The van der Waals surface area contributed by atoms with Crippen LogP contribution in [0.2, 0.25) is 0 Å². The first-order valence-corrected chi connectivity index (χ1v) is 8.31. The highest BCUT2D eigenvalue weighted by atomic mass is 35.5. The Morgan fingerprint density at radius 1 is 1.17 bits per heavy atom. The minimum Gasteiger partial charge on any atom is -0.435 e. The van der Waals surface area contributed by atoms with Gasteiger partial charge in [-0.15, -0.1) is 19.0 Å². The summed E-state index contributed by atoms with van der Waals surface area (Å²) in [7, 11) is 0. The van der Waals surface area contributed by atoms with Crippen LogP contribution in [-0.4, -0.2) is 37.7 Å². The molecule has 0 radical (unpaired) electrons. The van der Waals surface area contributed by atoms with Gasteiger partial charge in [0.05, 0.1) is 0 Å². The fraction of sp³-hybridized carbons (Fsp3) is 0.556. The number of alkyl halides is 2. The molecule has 3 nitrogen and oxygen atoms in total. The lowest BCUT2D eigenvalue weighted by Crippen LogP contribution is -2.45. The molecule has 0 unspecified atom stereocenters. The van der Waals surface area contributed by atoms with Crippen molar-refractivity contribution in [1.82, 2.24) is 10.2 Å². The normalized spacial score (nSPS) is 16.5. The number of benzene rings is 1. The lowest BCUT2D eigenvalue weighted by molar-refractivity contribution is -0.0498. The Labute approximate surface area is 149 Å². The van der Waals surface area contributed by atoms with E-state index >= 15 is 0 Å². The zero-order chi connectivity index (χ0) is 16.5. The summed E-state index contributed by atoms with van der Waals surface area (Å²) in [6, 6.07) is 7.44. The third-order valence-corrected chi connectivity index (χ3v) is 4.22. The van der Waals surface area contributed by atoms with Crippen LogP contribution in [0.4, 0.5) is 8.78 Å². The van der Waals surface area contributed by atoms with Gasteiger partial charge in [0.2, 0.25) is 0 Å². The number of allylic oxidation sites excluding steroid dienone is 1. The second kappa shape index (κ2) is 11.4. The molecule has 0 spiro atoms. The average Bonchev–Trinajstić information content (AvgIpc) is 2.56. The van der Waals surface area contributed by atoms with Crippen LogP contribution in [0.3, 0.4) is 0 Å². The highest BCUT2D eigenvalue weighted by Gasteiger charge is 2.21. The van der Waals surface area contributed by atoms with Crippen LogP contribution in [0.5, 0.6) is 5.75 Å². The van der Waals surface area contributed by atoms with Crippen molar-refractivity contribution in [3.63, 3.8) is 0 Å². The van der Waals surface area contributed by atoms with E-state index in [0.29, 0.717) is 6.04 Å². The van der Waals surface area contributed by atoms with E-state index < -0.39 is 6.61 Å². The Bertz CT molecular complexity index is 465. The van der Waals surface area contributed by atoms with Crippen LogP contribution < -0.4 is 10.1 Å². The molecule has 0 amide bonds. The summed E-state index contributed by atoms with van der Waals surface area (Å²) >= 11 is 0. The van der Waals surface area contributed by atoms with Gasteiger partial charge >= 0.3 is 6.61 Å². The Kier molecular flexibility index (Phi) is 9.91. The molecule has 1 aliphatic heterocycles. The summed E-state index contributed by atoms with van der Waals surface area (Å²) in [4.78, 5) is 2.48.